The number of benzene rings is 1. The topological polar surface area (TPSA) is 59.8 Å². The first-order valence-corrected chi connectivity index (χ1v) is 5.54. The third-order valence-electron chi connectivity index (χ3n) is 2.45. The fourth-order valence-corrected chi connectivity index (χ4v) is 1.51. The van der Waals surface area contributed by atoms with E-state index in [0.717, 1.165) is 5.56 Å². The van der Waals surface area contributed by atoms with Gasteiger partial charge < -0.3 is 5.32 Å². The van der Waals surface area contributed by atoms with Crippen LogP contribution in [0.25, 0.3) is 0 Å². The lowest BCUT2D eigenvalue weighted by molar-refractivity contribution is 0.0949. The Morgan fingerprint density at radius 1 is 1.39 bits per heavy atom. The van der Waals surface area contributed by atoms with Gasteiger partial charge in [0.15, 0.2) is 5.69 Å². The maximum Gasteiger partial charge on any atom is 0.273 e. The molecule has 94 valence electrons. The molecule has 5 nitrogen and oxygen atoms in total. The summed E-state index contributed by atoms with van der Waals surface area (Å²) in [6, 6.07) is 6.20. The van der Waals surface area contributed by atoms with Gasteiger partial charge in [-0.1, -0.05) is 17.3 Å². The van der Waals surface area contributed by atoms with Crippen LogP contribution in [0.15, 0.2) is 30.5 Å². The van der Waals surface area contributed by atoms with Gasteiger partial charge in [-0.25, -0.2) is 4.39 Å². The van der Waals surface area contributed by atoms with E-state index < -0.39 is 0 Å². The molecule has 1 aromatic carbocycles. The second-order valence-electron chi connectivity index (χ2n) is 3.91. The number of amides is 1. The minimum absolute atomic E-state index is 0.259. The first-order valence-electron chi connectivity index (χ1n) is 5.54. The van der Waals surface area contributed by atoms with Crippen molar-refractivity contribution in [3.63, 3.8) is 0 Å². The van der Waals surface area contributed by atoms with Crippen molar-refractivity contribution in [3.8, 4) is 0 Å². The number of hydrogen-bond acceptors (Lipinski definition) is 3. The summed E-state index contributed by atoms with van der Waals surface area (Å²) in [5, 5.41) is 10.1. The largest absolute Gasteiger partial charge is 0.350 e. The Kier molecular flexibility index (Phi) is 3.66. The molecular formula is C12H13FN4O. The lowest BCUT2D eigenvalue weighted by Crippen LogP contribution is -2.26. The van der Waals surface area contributed by atoms with E-state index in [1.54, 1.807) is 25.4 Å². The molecule has 0 radical (unpaired) electrons. The second kappa shape index (κ2) is 5.39. The molecule has 6 heteroatoms. The standard InChI is InChI=1S/C12H13FN4O/c1-17-8-11(15-16-17)12(18)14-7-6-9-2-4-10(13)5-3-9/h2-5,8H,6-7H2,1H3,(H,14,18). The fourth-order valence-electron chi connectivity index (χ4n) is 1.51. The van der Waals surface area contributed by atoms with Crippen molar-refractivity contribution in [2.24, 2.45) is 7.05 Å². The average molecular weight is 248 g/mol. The van der Waals surface area contributed by atoms with E-state index in [1.165, 1.54) is 16.8 Å². The molecule has 0 atom stereocenters. The molecule has 0 bridgehead atoms. The molecular weight excluding hydrogens is 235 g/mol. The number of carbonyl (C=O) groups is 1. The molecule has 0 fully saturated rings. The van der Waals surface area contributed by atoms with Crippen LogP contribution in [-0.4, -0.2) is 27.4 Å². The van der Waals surface area contributed by atoms with Gasteiger partial charge in [0.2, 0.25) is 0 Å². The molecule has 1 N–H and O–H groups in total. The predicted octanol–water partition coefficient (Wildman–Crippen LogP) is 0.927. The second-order valence-corrected chi connectivity index (χ2v) is 3.91. The molecule has 2 rings (SSSR count). The van der Waals surface area contributed by atoms with Crippen molar-refractivity contribution < 1.29 is 9.18 Å². The van der Waals surface area contributed by atoms with Gasteiger partial charge in [-0.2, -0.15) is 0 Å². The Morgan fingerprint density at radius 3 is 2.72 bits per heavy atom. The molecule has 2 aromatic rings. The van der Waals surface area contributed by atoms with Crippen LogP contribution >= 0.6 is 0 Å². The fraction of sp³-hybridized carbons (Fsp3) is 0.250. The Hall–Kier alpha value is -2.24. The highest BCUT2D eigenvalue weighted by Crippen LogP contribution is 2.02. The molecule has 0 spiro atoms. The molecule has 0 aliphatic carbocycles. The Balaban J connectivity index is 1.82. The van der Waals surface area contributed by atoms with E-state index >= 15 is 0 Å². The summed E-state index contributed by atoms with van der Waals surface area (Å²) < 4.78 is 14.1. The SMILES string of the molecule is Cn1cc(C(=O)NCCc2ccc(F)cc2)nn1. The van der Waals surface area contributed by atoms with Crippen LogP contribution in [0.5, 0.6) is 0 Å². The average Bonchev–Trinajstić information content (AvgIpc) is 2.78. The summed E-state index contributed by atoms with van der Waals surface area (Å²) in [4.78, 5) is 11.6. The van der Waals surface area contributed by atoms with Crippen molar-refractivity contribution in [3.05, 3.63) is 47.5 Å². The summed E-state index contributed by atoms with van der Waals surface area (Å²) >= 11 is 0. The van der Waals surface area contributed by atoms with Crippen LogP contribution in [0, 0.1) is 5.82 Å². The van der Waals surface area contributed by atoms with E-state index in [4.69, 9.17) is 0 Å². The predicted molar refractivity (Wildman–Crippen MR) is 63.4 cm³/mol. The third-order valence-corrected chi connectivity index (χ3v) is 2.45. The van der Waals surface area contributed by atoms with Crippen molar-refractivity contribution in [2.45, 2.75) is 6.42 Å². The molecule has 1 aromatic heterocycles. The molecule has 0 aliphatic heterocycles. The van der Waals surface area contributed by atoms with Gasteiger partial charge in [0, 0.05) is 13.6 Å². The van der Waals surface area contributed by atoms with Crippen molar-refractivity contribution in [1.82, 2.24) is 20.3 Å². The Labute approximate surface area is 104 Å². The molecule has 0 saturated carbocycles. The molecule has 1 amide bonds. The summed E-state index contributed by atoms with van der Waals surface area (Å²) in [7, 11) is 1.70. The maximum atomic E-state index is 12.7. The normalized spacial score (nSPS) is 10.3. The van der Waals surface area contributed by atoms with E-state index in [1.807, 2.05) is 0 Å². The molecule has 0 aliphatic rings. The molecule has 1 heterocycles. The van der Waals surface area contributed by atoms with Crippen LogP contribution in [0.2, 0.25) is 0 Å². The lowest BCUT2D eigenvalue weighted by Gasteiger charge is -2.03. The van der Waals surface area contributed by atoms with E-state index in [9.17, 15) is 9.18 Å². The number of aryl methyl sites for hydroxylation is 1. The highest BCUT2D eigenvalue weighted by molar-refractivity contribution is 5.91. The number of nitrogens with zero attached hydrogens (tertiary/aromatic N) is 3. The van der Waals surface area contributed by atoms with Crippen molar-refractivity contribution >= 4 is 5.91 Å². The Morgan fingerprint density at radius 2 is 2.11 bits per heavy atom. The molecule has 0 unspecified atom stereocenters. The summed E-state index contributed by atoms with van der Waals surface area (Å²) in [6.07, 6.45) is 2.19. The van der Waals surface area contributed by atoms with Gasteiger partial charge in [-0.05, 0) is 24.1 Å². The minimum Gasteiger partial charge on any atom is -0.350 e. The van der Waals surface area contributed by atoms with Gasteiger partial charge in [0.1, 0.15) is 5.82 Å². The zero-order valence-electron chi connectivity index (χ0n) is 9.93. The van der Waals surface area contributed by atoms with Crippen LogP contribution < -0.4 is 5.32 Å². The van der Waals surface area contributed by atoms with Gasteiger partial charge in [-0.15, -0.1) is 5.10 Å². The van der Waals surface area contributed by atoms with E-state index in [0.29, 0.717) is 13.0 Å². The van der Waals surface area contributed by atoms with Gasteiger partial charge in [0.05, 0.1) is 6.20 Å². The Bertz CT molecular complexity index is 535. The summed E-state index contributed by atoms with van der Waals surface area (Å²) in [5.74, 6) is -0.521. The first-order chi connectivity index (χ1) is 8.65. The minimum atomic E-state index is -0.262. The van der Waals surface area contributed by atoms with Crippen LogP contribution in [0.1, 0.15) is 16.1 Å². The monoisotopic (exact) mass is 248 g/mol. The van der Waals surface area contributed by atoms with Gasteiger partial charge in [-0.3, -0.25) is 9.48 Å². The number of halogens is 1. The van der Waals surface area contributed by atoms with Crippen molar-refractivity contribution in [2.75, 3.05) is 6.54 Å². The smallest absolute Gasteiger partial charge is 0.273 e. The number of aromatic nitrogens is 3. The maximum absolute atomic E-state index is 12.7. The van der Waals surface area contributed by atoms with Crippen LogP contribution in [-0.2, 0) is 13.5 Å². The van der Waals surface area contributed by atoms with Crippen molar-refractivity contribution in [1.29, 1.82) is 0 Å². The van der Waals surface area contributed by atoms with E-state index in [2.05, 4.69) is 15.6 Å². The van der Waals surface area contributed by atoms with Gasteiger partial charge in [0.25, 0.3) is 5.91 Å². The summed E-state index contributed by atoms with van der Waals surface area (Å²) in [6.45, 7) is 0.473. The van der Waals surface area contributed by atoms with Crippen LogP contribution in [0.4, 0.5) is 4.39 Å². The number of rotatable bonds is 4. The van der Waals surface area contributed by atoms with Crippen LogP contribution in [0.3, 0.4) is 0 Å². The quantitative estimate of drug-likeness (QED) is 0.875. The first kappa shape index (κ1) is 12.2. The lowest BCUT2D eigenvalue weighted by atomic mass is 10.1. The van der Waals surface area contributed by atoms with E-state index in [-0.39, 0.29) is 17.4 Å². The zero-order chi connectivity index (χ0) is 13.0. The molecule has 0 saturated heterocycles. The third kappa shape index (κ3) is 3.13. The number of carbonyl (C=O) groups excluding carboxylic acids is 1. The summed E-state index contributed by atoms with van der Waals surface area (Å²) in [5.41, 5.74) is 1.26. The zero-order valence-corrected chi connectivity index (χ0v) is 9.93. The number of hydrogen-bond donors (Lipinski definition) is 1. The van der Waals surface area contributed by atoms with Gasteiger partial charge >= 0.3 is 0 Å². The number of nitrogens with one attached hydrogen (secondary N) is 1. The molecule has 18 heavy (non-hydrogen) atoms. The highest BCUT2D eigenvalue weighted by atomic mass is 19.1. The highest BCUT2D eigenvalue weighted by Gasteiger charge is 2.08.